The molecule has 10 heteroatoms. The maximum atomic E-state index is 13.3. The molecule has 3 aromatic rings. The molecule has 0 aliphatic heterocycles. The van der Waals surface area contributed by atoms with Crippen molar-refractivity contribution in [3.8, 4) is 5.69 Å². The van der Waals surface area contributed by atoms with E-state index in [1.165, 1.54) is 6.33 Å². The van der Waals surface area contributed by atoms with Crippen LogP contribution in [-0.4, -0.2) is 27.3 Å². The fourth-order valence-electron chi connectivity index (χ4n) is 2.75. The number of halogens is 4. The Kier molecular flexibility index (Phi) is 6.65. The third-order valence-electron chi connectivity index (χ3n) is 4.21. The number of guanidine groups is 1. The maximum absolute atomic E-state index is 13.3. The summed E-state index contributed by atoms with van der Waals surface area (Å²) in [6.45, 7) is 2.56. The normalized spacial score (nSPS) is 12.1. The highest BCUT2D eigenvalue weighted by Gasteiger charge is 2.33. The third kappa shape index (κ3) is 5.56. The number of alkyl halides is 3. The molecule has 0 saturated heterocycles. The molecule has 6 nitrogen and oxygen atoms in total. The second-order valence-corrected chi connectivity index (χ2v) is 6.35. The number of aromatic nitrogens is 3. The van der Waals surface area contributed by atoms with Crippen LogP contribution in [-0.2, 0) is 19.3 Å². The Morgan fingerprint density at radius 3 is 2.50 bits per heavy atom. The zero-order valence-electron chi connectivity index (χ0n) is 16.1. The van der Waals surface area contributed by atoms with E-state index in [0.29, 0.717) is 25.1 Å². The van der Waals surface area contributed by atoms with Gasteiger partial charge in [0.2, 0.25) is 0 Å². The van der Waals surface area contributed by atoms with Gasteiger partial charge in [0.05, 0.1) is 17.8 Å². The Hall–Kier alpha value is -3.43. The SMILES string of the molecule is CCNC(=NCc1ccc(-n2cncn2)cc1)NCc1ccc(F)cc1C(F)(F)F. The van der Waals surface area contributed by atoms with E-state index >= 15 is 0 Å². The molecule has 0 aliphatic rings. The minimum atomic E-state index is -4.64. The summed E-state index contributed by atoms with van der Waals surface area (Å²) in [7, 11) is 0. The summed E-state index contributed by atoms with van der Waals surface area (Å²) in [5, 5.41) is 9.91. The van der Waals surface area contributed by atoms with E-state index in [1.807, 2.05) is 31.2 Å². The molecule has 0 bridgehead atoms. The lowest BCUT2D eigenvalue weighted by Crippen LogP contribution is -2.37. The molecule has 0 radical (unpaired) electrons. The van der Waals surface area contributed by atoms with Crippen molar-refractivity contribution in [2.45, 2.75) is 26.2 Å². The average molecular weight is 420 g/mol. The molecule has 158 valence electrons. The predicted octanol–water partition coefficient (Wildman–Crippen LogP) is 3.68. The zero-order valence-corrected chi connectivity index (χ0v) is 16.1. The van der Waals surface area contributed by atoms with Crippen LogP contribution in [0.4, 0.5) is 17.6 Å². The number of hydrogen-bond donors (Lipinski definition) is 2. The van der Waals surface area contributed by atoms with Gasteiger partial charge in [0.15, 0.2) is 5.96 Å². The second kappa shape index (κ2) is 9.38. The summed E-state index contributed by atoms with van der Waals surface area (Å²) in [4.78, 5) is 8.30. The van der Waals surface area contributed by atoms with Gasteiger partial charge < -0.3 is 10.6 Å². The van der Waals surface area contributed by atoms with Crippen molar-refractivity contribution in [1.29, 1.82) is 0 Å². The Bertz CT molecular complexity index is 982. The molecule has 2 N–H and O–H groups in total. The van der Waals surface area contributed by atoms with Gasteiger partial charge in [-0.1, -0.05) is 18.2 Å². The summed E-state index contributed by atoms with van der Waals surface area (Å²) in [6.07, 6.45) is -1.61. The van der Waals surface area contributed by atoms with Crippen molar-refractivity contribution in [2.24, 2.45) is 4.99 Å². The third-order valence-corrected chi connectivity index (χ3v) is 4.21. The van der Waals surface area contributed by atoms with E-state index in [9.17, 15) is 17.6 Å². The van der Waals surface area contributed by atoms with Crippen LogP contribution >= 0.6 is 0 Å². The molecule has 2 aromatic carbocycles. The lowest BCUT2D eigenvalue weighted by atomic mass is 10.1. The van der Waals surface area contributed by atoms with Gasteiger partial charge in [-0.25, -0.2) is 19.0 Å². The summed E-state index contributed by atoms with van der Waals surface area (Å²) in [5.41, 5.74) is 0.691. The molecule has 0 atom stereocenters. The molecule has 0 spiro atoms. The Morgan fingerprint density at radius 2 is 1.87 bits per heavy atom. The smallest absolute Gasteiger partial charge is 0.357 e. The standard InChI is InChI=1S/C20H20F4N6/c1-2-26-19(28-11-15-5-6-16(21)9-18(15)20(22,23)24)27-10-14-3-7-17(8-4-14)30-13-25-12-29-30/h3-9,12-13H,2,10-11H2,1H3,(H2,26,27,28). The minimum Gasteiger partial charge on any atom is -0.357 e. The second-order valence-electron chi connectivity index (χ2n) is 6.35. The first kappa shape index (κ1) is 21.3. The maximum Gasteiger partial charge on any atom is 0.416 e. The molecular weight excluding hydrogens is 400 g/mol. The van der Waals surface area contributed by atoms with Gasteiger partial charge in [-0.15, -0.1) is 0 Å². The molecular formula is C20H20F4N6. The first-order chi connectivity index (χ1) is 14.4. The molecule has 30 heavy (non-hydrogen) atoms. The van der Waals surface area contributed by atoms with Crippen LogP contribution in [0, 0.1) is 5.82 Å². The van der Waals surface area contributed by atoms with Gasteiger partial charge in [0.1, 0.15) is 18.5 Å². The number of aliphatic imine (C=N–C) groups is 1. The molecule has 1 aromatic heterocycles. The van der Waals surface area contributed by atoms with Gasteiger partial charge in [-0.2, -0.15) is 18.3 Å². The van der Waals surface area contributed by atoms with Crippen LogP contribution in [0.3, 0.4) is 0 Å². The van der Waals surface area contributed by atoms with Crippen LogP contribution in [0.1, 0.15) is 23.6 Å². The quantitative estimate of drug-likeness (QED) is 0.363. The first-order valence-electron chi connectivity index (χ1n) is 9.18. The van der Waals surface area contributed by atoms with Crippen LogP contribution < -0.4 is 10.6 Å². The lowest BCUT2D eigenvalue weighted by Gasteiger charge is -2.16. The van der Waals surface area contributed by atoms with E-state index in [1.54, 1.807) is 11.0 Å². The minimum absolute atomic E-state index is 0.0633. The Labute approximate surface area is 170 Å². The number of nitrogens with one attached hydrogen (secondary N) is 2. The summed E-state index contributed by atoms with van der Waals surface area (Å²) < 4.78 is 54.3. The fourth-order valence-corrected chi connectivity index (χ4v) is 2.75. The van der Waals surface area contributed by atoms with Crippen LogP contribution in [0.2, 0.25) is 0 Å². The van der Waals surface area contributed by atoms with Gasteiger partial charge in [0, 0.05) is 13.1 Å². The van der Waals surface area contributed by atoms with Gasteiger partial charge >= 0.3 is 6.18 Å². The first-order valence-corrected chi connectivity index (χ1v) is 9.18. The monoisotopic (exact) mass is 420 g/mol. The highest BCUT2D eigenvalue weighted by molar-refractivity contribution is 5.79. The van der Waals surface area contributed by atoms with Crippen molar-refractivity contribution < 1.29 is 17.6 Å². The van der Waals surface area contributed by atoms with E-state index in [2.05, 4.69) is 25.7 Å². The lowest BCUT2D eigenvalue weighted by molar-refractivity contribution is -0.138. The predicted molar refractivity (Wildman–Crippen MR) is 104 cm³/mol. The van der Waals surface area contributed by atoms with Crippen molar-refractivity contribution in [3.63, 3.8) is 0 Å². The number of benzene rings is 2. The summed E-state index contributed by atoms with van der Waals surface area (Å²) >= 11 is 0. The number of rotatable bonds is 6. The number of nitrogens with zero attached hydrogens (tertiary/aromatic N) is 4. The van der Waals surface area contributed by atoms with Crippen molar-refractivity contribution >= 4 is 5.96 Å². The van der Waals surface area contributed by atoms with Gasteiger partial charge in [-0.05, 0) is 42.3 Å². The topological polar surface area (TPSA) is 67.1 Å². The van der Waals surface area contributed by atoms with E-state index in [0.717, 1.165) is 23.4 Å². The van der Waals surface area contributed by atoms with E-state index < -0.39 is 17.6 Å². The Morgan fingerprint density at radius 1 is 1.10 bits per heavy atom. The summed E-state index contributed by atoms with van der Waals surface area (Å²) in [6, 6.07) is 10.1. The van der Waals surface area contributed by atoms with Gasteiger partial charge in [0.25, 0.3) is 0 Å². The van der Waals surface area contributed by atoms with Gasteiger partial charge in [-0.3, -0.25) is 0 Å². The number of hydrogen-bond acceptors (Lipinski definition) is 3. The van der Waals surface area contributed by atoms with E-state index in [4.69, 9.17) is 0 Å². The molecule has 0 unspecified atom stereocenters. The molecule has 3 rings (SSSR count). The highest BCUT2D eigenvalue weighted by atomic mass is 19.4. The zero-order chi connectivity index (χ0) is 21.6. The van der Waals surface area contributed by atoms with Crippen LogP contribution in [0.15, 0.2) is 60.1 Å². The van der Waals surface area contributed by atoms with Crippen molar-refractivity contribution in [1.82, 2.24) is 25.4 Å². The van der Waals surface area contributed by atoms with Crippen LogP contribution in [0.5, 0.6) is 0 Å². The molecule has 0 saturated carbocycles. The molecule has 0 fully saturated rings. The molecule has 1 heterocycles. The average Bonchev–Trinajstić information content (AvgIpc) is 3.25. The van der Waals surface area contributed by atoms with Crippen molar-refractivity contribution in [3.05, 3.63) is 77.6 Å². The van der Waals surface area contributed by atoms with Crippen molar-refractivity contribution in [2.75, 3.05) is 6.54 Å². The molecule has 0 aliphatic carbocycles. The fraction of sp³-hybridized carbons (Fsp3) is 0.250. The summed E-state index contributed by atoms with van der Waals surface area (Å²) in [5.74, 6) is -0.573. The largest absolute Gasteiger partial charge is 0.416 e. The Balaban J connectivity index is 1.68. The van der Waals surface area contributed by atoms with Crippen LogP contribution in [0.25, 0.3) is 5.69 Å². The van der Waals surface area contributed by atoms with E-state index in [-0.39, 0.29) is 12.1 Å². The highest BCUT2D eigenvalue weighted by Crippen LogP contribution is 2.32. The molecule has 0 amide bonds.